The van der Waals surface area contributed by atoms with E-state index in [0.717, 1.165) is 32.1 Å². The highest BCUT2D eigenvalue weighted by molar-refractivity contribution is 6.31. The van der Waals surface area contributed by atoms with Crippen LogP contribution in [0.25, 0.3) is 0 Å². The van der Waals surface area contributed by atoms with E-state index in [1.807, 2.05) is 0 Å². The van der Waals surface area contributed by atoms with E-state index in [4.69, 9.17) is 11.6 Å². The van der Waals surface area contributed by atoms with E-state index in [1.54, 1.807) is 17.0 Å². The van der Waals surface area contributed by atoms with Gasteiger partial charge < -0.3 is 10.2 Å². The van der Waals surface area contributed by atoms with E-state index >= 15 is 0 Å². The van der Waals surface area contributed by atoms with Crippen molar-refractivity contribution in [1.82, 2.24) is 10.2 Å². The highest BCUT2D eigenvalue weighted by atomic mass is 35.5. The molecule has 1 aliphatic rings. The molecule has 2 rings (SSSR count). The van der Waals surface area contributed by atoms with Crippen LogP contribution < -0.4 is 5.32 Å². The summed E-state index contributed by atoms with van der Waals surface area (Å²) in [5.41, 5.74) is 0.394. The summed E-state index contributed by atoms with van der Waals surface area (Å²) in [6, 6.07) is 4.81. The summed E-state index contributed by atoms with van der Waals surface area (Å²) >= 11 is 6.08. The Morgan fingerprint density at radius 2 is 2.04 bits per heavy atom. The van der Waals surface area contributed by atoms with Crippen LogP contribution >= 0.6 is 11.6 Å². The van der Waals surface area contributed by atoms with Crippen LogP contribution in [0, 0.1) is 5.82 Å². The van der Waals surface area contributed by atoms with Crippen molar-refractivity contribution < 1.29 is 14.0 Å². The Hall–Kier alpha value is -1.62. The van der Waals surface area contributed by atoms with Crippen LogP contribution in [-0.2, 0) is 16.1 Å². The third-order valence-electron chi connectivity index (χ3n) is 4.14. The zero-order valence-electron chi connectivity index (χ0n) is 14.0. The van der Waals surface area contributed by atoms with Crippen LogP contribution in [0.3, 0.4) is 0 Å². The normalized spacial score (nSPS) is 13.6. The molecule has 0 unspecified atom stereocenters. The molecular weight excluding hydrogens is 331 g/mol. The van der Waals surface area contributed by atoms with Gasteiger partial charge in [0.15, 0.2) is 0 Å². The van der Waals surface area contributed by atoms with Crippen LogP contribution in [0.1, 0.15) is 51.0 Å². The largest absolute Gasteiger partial charge is 0.356 e. The number of unbranched alkanes of at least 4 members (excludes halogenated alkanes) is 2. The van der Waals surface area contributed by atoms with Gasteiger partial charge >= 0.3 is 0 Å². The van der Waals surface area contributed by atoms with Crippen molar-refractivity contribution in [3.63, 3.8) is 0 Å². The Morgan fingerprint density at radius 3 is 2.67 bits per heavy atom. The molecule has 0 radical (unpaired) electrons. The van der Waals surface area contributed by atoms with Gasteiger partial charge in [-0.1, -0.05) is 24.1 Å². The second-order valence-corrected chi connectivity index (χ2v) is 6.65. The van der Waals surface area contributed by atoms with Crippen LogP contribution in [0.15, 0.2) is 18.2 Å². The van der Waals surface area contributed by atoms with E-state index in [9.17, 15) is 14.0 Å². The molecule has 1 aliphatic carbocycles. The maximum atomic E-state index is 14.0. The quantitative estimate of drug-likeness (QED) is 0.688. The lowest BCUT2D eigenvalue weighted by atomic mass is 10.1. The number of benzene rings is 1. The Labute approximate surface area is 147 Å². The zero-order valence-corrected chi connectivity index (χ0v) is 14.7. The SMILES string of the molecule is CC(=O)NCCCCCC(=O)N(Cc1c(F)cccc1Cl)C1CC1. The second-order valence-electron chi connectivity index (χ2n) is 6.25. The van der Waals surface area contributed by atoms with Crippen LogP contribution in [-0.4, -0.2) is 29.3 Å². The fourth-order valence-corrected chi connectivity index (χ4v) is 2.87. The topological polar surface area (TPSA) is 49.4 Å². The molecule has 0 spiro atoms. The third kappa shape index (κ3) is 5.78. The first kappa shape index (κ1) is 18.7. The predicted octanol–water partition coefficient (Wildman–Crippen LogP) is 3.67. The van der Waals surface area contributed by atoms with Gasteiger partial charge in [0.2, 0.25) is 11.8 Å². The minimum absolute atomic E-state index is 0.0345. The lowest BCUT2D eigenvalue weighted by molar-refractivity contribution is -0.132. The summed E-state index contributed by atoms with van der Waals surface area (Å²) in [6.45, 7) is 2.37. The van der Waals surface area contributed by atoms with Gasteiger partial charge in [0.25, 0.3) is 0 Å². The molecule has 132 valence electrons. The van der Waals surface area contributed by atoms with Gasteiger partial charge in [0.1, 0.15) is 5.82 Å². The van der Waals surface area contributed by atoms with Crippen molar-refractivity contribution in [3.05, 3.63) is 34.6 Å². The van der Waals surface area contributed by atoms with Crippen LogP contribution in [0.4, 0.5) is 4.39 Å². The molecule has 0 aromatic heterocycles. The fraction of sp³-hybridized carbons (Fsp3) is 0.556. The van der Waals surface area contributed by atoms with E-state index in [-0.39, 0.29) is 30.2 Å². The predicted molar refractivity (Wildman–Crippen MR) is 92.1 cm³/mol. The average Bonchev–Trinajstić information content (AvgIpc) is 3.34. The molecule has 24 heavy (non-hydrogen) atoms. The van der Waals surface area contributed by atoms with Crippen molar-refractivity contribution in [2.45, 2.75) is 58.0 Å². The molecule has 1 aromatic rings. The maximum absolute atomic E-state index is 14.0. The molecule has 1 fully saturated rings. The number of hydrogen-bond acceptors (Lipinski definition) is 2. The number of carbonyl (C=O) groups excluding carboxylic acids is 2. The Kier molecular flexibility index (Phi) is 7.03. The Bertz CT molecular complexity index is 570. The summed E-state index contributed by atoms with van der Waals surface area (Å²) in [6.07, 6.45) is 4.90. The number of amides is 2. The van der Waals surface area contributed by atoms with E-state index in [1.165, 1.54) is 13.0 Å². The van der Waals surface area contributed by atoms with Gasteiger partial charge in [-0.15, -0.1) is 0 Å². The van der Waals surface area contributed by atoms with E-state index < -0.39 is 0 Å². The molecule has 0 bridgehead atoms. The van der Waals surface area contributed by atoms with Crippen molar-refractivity contribution in [3.8, 4) is 0 Å². The van der Waals surface area contributed by atoms with Crippen LogP contribution in [0.2, 0.25) is 5.02 Å². The van der Waals surface area contributed by atoms with E-state index in [0.29, 0.717) is 23.6 Å². The number of halogens is 2. The van der Waals surface area contributed by atoms with E-state index in [2.05, 4.69) is 5.32 Å². The molecule has 1 aromatic carbocycles. The molecule has 0 atom stereocenters. The molecule has 1 N–H and O–H groups in total. The monoisotopic (exact) mass is 354 g/mol. The molecule has 2 amide bonds. The standard InChI is InChI=1S/C18H24ClFN2O2/c1-13(23)21-11-4-2-3-8-18(24)22(14-9-10-14)12-15-16(19)6-5-7-17(15)20/h5-7,14H,2-4,8-12H2,1H3,(H,21,23). The molecule has 0 saturated heterocycles. The minimum atomic E-state index is -0.365. The first-order valence-electron chi connectivity index (χ1n) is 8.46. The first-order chi connectivity index (χ1) is 11.5. The summed E-state index contributed by atoms with van der Waals surface area (Å²) in [5, 5.41) is 3.10. The van der Waals surface area contributed by atoms with Crippen molar-refractivity contribution in [2.75, 3.05) is 6.54 Å². The lowest BCUT2D eigenvalue weighted by Crippen LogP contribution is -2.32. The smallest absolute Gasteiger partial charge is 0.223 e. The highest BCUT2D eigenvalue weighted by Gasteiger charge is 2.33. The summed E-state index contributed by atoms with van der Waals surface area (Å²) < 4.78 is 14.0. The van der Waals surface area contributed by atoms with Crippen molar-refractivity contribution >= 4 is 23.4 Å². The second kappa shape index (κ2) is 9.02. The maximum Gasteiger partial charge on any atom is 0.223 e. The van der Waals surface area contributed by atoms with Gasteiger partial charge in [-0.25, -0.2) is 4.39 Å². The third-order valence-corrected chi connectivity index (χ3v) is 4.49. The molecule has 1 saturated carbocycles. The first-order valence-corrected chi connectivity index (χ1v) is 8.83. The Morgan fingerprint density at radius 1 is 1.29 bits per heavy atom. The number of carbonyl (C=O) groups is 2. The average molecular weight is 355 g/mol. The lowest BCUT2D eigenvalue weighted by Gasteiger charge is -2.23. The zero-order chi connectivity index (χ0) is 17.5. The molecule has 0 heterocycles. The minimum Gasteiger partial charge on any atom is -0.356 e. The molecule has 4 nitrogen and oxygen atoms in total. The fourth-order valence-electron chi connectivity index (χ4n) is 2.65. The van der Waals surface area contributed by atoms with Crippen LogP contribution in [0.5, 0.6) is 0 Å². The number of hydrogen-bond donors (Lipinski definition) is 1. The summed E-state index contributed by atoms with van der Waals surface area (Å²) in [7, 11) is 0. The van der Waals surface area contributed by atoms with Gasteiger partial charge in [0, 0.05) is 36.5 Å². The summed E-state index contributed by atoms with van der Waals surface area (Å²) in [4.78, 5) is 25.0. The number of nitrogens with one attached hydrogen (secondary N) is 1. The molecule has 6 heteroatoms. The number of nitrogens with zero attached hydrogens (tertiary/aromatic N) is 1. The van der Waals surface area contributed by atoms with Crippen molar-refractivity contribution in [1.29, 1.82) is 0 Å². The number of rotatable bonds is 9. The van der Waals surface area contributed by atoms with Crippen molar-refractivity contribution in [2.24, 2.45) is 0 Å². The van der Waals surface area contributed by atoms with Gasteiger partial charge in [0.05, 0.1) is 6.54 Å². The molecule has 0 aliphatic heterocycles. The van der Waals surface area contributed by atoms with Gasteiger partial charge in [-0.2, -0.15) is 0 Å². The van der Waals surface area contributed by atoms with Gasteiger partial charge in [-0.05, 0) is 37.8 Å². The molecular formula is C18H24ClFN2O2. The summed E-state index contributed by atoms with van der Waals surface area (Å²) in [5.74, 6) is -0.347. The highest BCUT2D eigenvalue weighted by Crippen LogP contribution is 2.31. The van der Waals surface area contributed by atoms with Gasteiger partial charge in [-0.3, -0.25) is 9.59 Å². The Balaban J connectivity index is 1.82.